The largest absolute Gasteiger partial charge is 0.465 e. The Balaban J connectivity index is 2.94. The van der Waals surface area contributed by atoms with Crippen LogP contribution in [-0.2, 0) is 9.53 Å². The fraction of sp³-hybridized carbons (Fsp3) is 0.727. The lowest BCUT2D eigenvalue weighted by Crippen LogP contribution is -2.47. The minimum Gasteiger partial charge on any atom is -0.465 e. The van der Waals surface area contributed by atoms with Gasteiger partial charge in [0, 0.05) is 6.54 Å². The van der Waals surface area contributed by atoms with Gasteiger partial charge in [-0.2, -0.15) is 4.79 Å². The second kappa shape index (κ2) is 5.29. The summed E-state index contributed by atoms with van der Waals surface area (Å²) in [6.07, 6.45) is -0.546. The summed E-state index contributed by atoms with van der Waals surface area (Å²) in [5.41, 5.74) is 7.90. The van der Waals surface area contributed by atoms with Crippen molar-refractivity contribution in [3.8, 4) is 0 Å². The maximum Gasteiger partial charge on any atom is 0.408 e. The Morgan fingerprint density at radius 1 is 1.50 bits per heavy atom. The Morgan fingerprint density at radius 2 is 2.11 bits per heavy atom. The second-order valence-corrected chi connectivity index (χ2v) is 5.13. The molecule has 1 heterocycles. The van der Waals surface area contributed by atoms with E-state index in [1.54, 1.807) is 0 Å². The fourth-order valence-corrected chi connectivity index (χ4v) is 2.03. The standard InChI is InChI=1S/C11H17N3O4/c1-11(2,3)18-8-4-5-14(10(16)17)9(8)7(15)6-13-12/h6,8-9H,4-5H2,1-3H3,(H,16,17)/t8-,9-/m1/s1. The van der Waals surface area contributed by atoms with Crippen LogP contribution >= 0.6 is 0 Å². The first-order chi connectivity index (χ1) is 8.26. The van der Waals surface area contributed by atoms with Crippen molar-refractivity contribution < 1.29 is 24.2 Å². The molecule has 0 aromatic heterocycles. The lowest BCUT2D eigenvalue weighted by Gasteiger charge is -2.28. The number of carboxylic acid groups (broad SMARTS) is 1. The molecule has 2 atom stereocenters. The normalized spacial score (nSPS) is 23.6. The van der Waals surface area contributed by atoms with Gasteiger partial charge in [0.25, 0.3) is 5.78 Å². The number of carbonyl (C=O) groups is 2. The molecule has 0 aromatic rings. The molecule has 7 heteroatoms. The third-order valence-electron chi connectivity index (χ3n) is 2.57. The number of ether oxygens (including phenoxy) is 1. The maximum absolute atomic E-state index is 11.8. The molecule has 18 heavy (non-hydrogen) atoms. The number of carbonyl (C=O) groups excluding carboxylic acids is 1. The SMILES string of the molecule is CC(C)(C)O[C@@H]1CCN(C(=O)O)[C@@H]1C(=O)C=[N+]=[N-]. The van der Waals surface area contributed by atoms with Crippen LogP contribution in [0.15, 0.2) is 0 Å². The number of amides is 1. The van der Waals surface area contributed by atoms with Gasteiger partial charge in [-0.1, -0.05) is 0 Å². The van der Waals surface area contributed by atoms with Crippen LogP contribution in [0.25, 0.3) is 5.53 Å². The Labute approximate surface area is 105 Å². The molecule has 1 fully saturated rings. The minimum atomic E-state index is -1.18. The summed E-state index contributed by atoms with van der Waals surface area (Å²) in [6, 6.07) is -0.947. The Morgan fingerprint density at radius 3 is 2.56 bits per heavy atom. The van der Waals surface area contributed by atoms with E-state index in [0.717, 1.165) is 4.90 Å². The summed E-state index contributed by atoms with van der Waals surface area (Å²) < 4.78 is 5.69. The number of rotatable bonds is 3. The molecule has 1 N–H and O–H groups in total. The molecule has 0 radical (unpaired) electrons. The van der Waals surface area contributed by atoms with E-state index in [4.69, 9.17) is 15.4 Å². The Kier molecular flexibility index (Phi) is 4.21. The third kappa shape index (κ3) is 3.38. The second-order valence-electron chi connectivity index (χ2n) is 5.13. The maximum atomic E-state index is 11.8. The number of nitrogens with zero attached hydrogens (tertiary/aromatic N) is 3. The van der Waals surface area contributed by atoms with E-state index in [-0.39, 0.29) is 6.54 Å². The van der Waals surface area contributed by atoms with Gasteiger partial charge in [-0.3, -0.25) is 9.69 Å². The number of hydrogen-bond donors (Lipinski definition) is 1. The number of Topliss-reactive ketones (excluding diaryl/α,β-unsaturated/α-hetero) is 1. The van der Waals surface area contributed by atoms with Gasteiger partial charge in [-0.15, -0.1) is 0 Å². The zero-order valence-corrected chi connectivity index (χ0v) is 10.7. The van der Waals surface area contributed by atoms with Crippen molar-refractivity contribution in [2.45, 2.75) is 44.9 Å². The summed E-state index contributed by atoms with van der Waals surface area (Å²) in [4.78, 5) is 26.5. The zero-order chi connectivity index (χ0) is 13.9. The fourth-order valence-electron chi connectivity index (χ4n) is 2.03. The van der Waals surface area contributed by atoms with Crippen LogP contribution in [0.4, 0.5) is 4.79 Å². The van der Waals surface area contributed by atoms with Crippen LogP contribution < -0.4 is 0 Å². The van der Waals surface area contributed by atoms with Crippen molar-refractivity contribution in [1.29, 1.82) is 0 Å². The van der Waals surface area contributed by atoms with Crippen LogP contribution in [0.3, 0.4) is 0 Å². The van der Waals surface area contributed by atoms with E-state index in [1.165, 1.54) is 0 Å². The monoisotopic (exact) mass is 255 g/mol. The van der Waals surface area contributed by atoms with E-state index in [9.17, 15) is 9.59 Å². The van der Waals surface area contributed by atoms with Gasteiger partial charge in [-0.05, 0) is 27.2 Å². The lowest BCUT2D eigenvalue weighted by molar-refractivity contribution is -0.127. The Bertz CT molecular complexity index is 396. The van der Waals surface area contributed by atoms with Gasteiger partial charge >= 0.3 is 12.3 Å². The van der Waals surface area contributed by atoms with Crippen LogP contribution in [0.1, 0.15) is 27.2 Å². The van der Waals surface area contributed by atoms with E-state index in [1.807, 2.05) is 20.8 Å². The number of likely N-dealkylation sites (tertiary alicyclic amines) is 1. The summed E-state index contributed by atoms with van der Waals surface area (Å²) >= 11 is 0. The molecule has 7 nitrogen and oxygen atoms in total. The van der Waals surface area contributed by atoms with Crippen LogP contribution in [0, 0.1) is 0 Å². The molecule has 0 aliphatic carbocycles. The summed E-state index contributed by atoms with van der Waals surface area (Å²) in [6.45, 7) is 5.72. The first kappa shape index (κ1) is 14.3. The molecule has 0 spiro atoms. The molecule has 0 aromatic carbocycles. The van der Waals surface area contributed by atoms with Gasteiger partial charge < -0.3 is 15.4 Å². The van der Waals surface area contributed by atoms with Gasteiger partial charge in [-0.25, -0.2) is 4.79 Å². The van der Waals surface area contributed by atoms with Crippen LogP contribution in [0.2, 0.25) is 0 Å². The molecule has 1 saturated heterocycles. The van der Waals surface area contributed by atoms with E-state index < -0.39 is 29.6 Å². The molecule has 1 rings (SSSR count). The average molecular weight is 255 g/mol. The predicted octanol–water partition coefficient (Wildman–Crippen LogP) is 0.792. The molecule has 1 aliphatic rings. The van der Waals surface area contributed by atoms with Crippen molar-refractivity contribution in [2.75, 3.05) is 6.54 Å². The lowest BCUT2D eigenvalue weighted by atomic mass is 10.1. The third-order valence-corrected chi connectivity index (χ3v) is 2.57. The van der Waals surface area contributed by atoms with Gasteiger partial charge in [0.05, 0.1) is 11.7 Å². The van der Waals surface area contributed by atoms with E-state index in [0.29, 0.717) is 12.6 Å². The highest BCUT2D eigenvalue weighted by molar-refractivity contribution is 6.28. The smallest absolute Gasteiger partial charge is 0.408 e. The molecular weight excluding hydrogens is 238 g/mol. The summed E-state index contributed by atoms with van der Waals surface area (Å²) in [5.74, 6) is -0.577. The quantitative estimate of drug-likeness (QED) is 0.457. The number of ketones is 1. The Hall–Kier alpha value is -1.72. The van der Waals surface area contributed by atoms with Crippen LogP contribution in [-0.4, -0.2) is 57.2 Å². The summed E-state index contributed by atoms with van der Waals surface area (Å²) in [7, 11) is 0. The molecular formula is C11H17N3O4. The molecule has 1 amide bonds. The van der Waals surface area contributed by atoms with Gasteiger partial charge in [0.1, 0.15) is 6.04 Å². The van der Waals surface area contributed by atoms with Gasteiger partial charge in [0.15, 0.2) is 0 Å². The molecule has 100 valence electrons. The topological polar surface area (TPSA) is 103 Å². The molecule has 0 bridgehead atoms. The highest BCUT2D eigenvalue weighted by atomic mass is 16.5. The van der Waals surface area contributed by atoms with Crippen molar-refractivity contribution in [1.82, 2.24) is 4.90 Å². The molecule has 0 saturated carbocycles. The van der Waals surface area contributed by atoms with E-state index >= 15 is 0 Å². The highest BCUT2D eigenvalue weighted by Crippen LogP contribution is 2.25. The highest BCUT2D eigenvalue weighted by Gasteiger charge is 2.44. The summed E-state index contributed by atoms with van der Waals surface area (Å²) in [5, 5.41) is 9.03. The van der Waals surface area contributed by atoms with Gasteiger partial charge in [0.2, 0.25) is 0 Å². The van der Waals surface area contributed by atoms with Crippen molar-refractivity contribution in [3.63, 3.8) is 0 Å². The average Bonchev–Trinajstić information content (AvgIpc) is 2.59. The minimum absolute atomic E-state index is 0.228. The van der Waals surface area contributed by atoms with Crippen molar-refractivity contribution >= 4 is 18.1 Å². The number of hydrogen-bond acceptors (Lipinski definition) is 3. The zero-order valence-electron chi connectivity index (χ0n) is 10.7. The first-order valence-electron chi connectivity index (χ1n) is 5.65. The van der Waals surface area contributed by atoms with E-state index in [2.05, 4.69) is 4.79 Å². The van der Waals surface area contributed by atoms with Crippen molar-refractivity contribution in [2.24, 2.45) is 0 Å². The van der Waals surface area contributed by atoms with Crippen molar-refractivity contribution in [3.05, 3.63) is 5.53 Å². The van der Waals surface area contributed by atoms with Crippen LogP contribution in [0.5, 0.6) is 0 Å². The first-order valence-corrected chi connectivity index (χ1v) is 5.65. The molecule has 1 aliphatic heterocycles. The predicted molar refractivity (Wildman–Crippen MR) is 62.5 cm³/mol. The molecule has 0 unspecified atom stereocenters.